The zero-order valence-corrected chi connectivity index (χ0v) is 15.3. The first-order valence-electron chi connectivity index (χ1n) is 8.38. The third kappa shape index (κ3) is 5.52. The van der Waals surface area contributed by atoms with E-state index in [2.05, 4.69) is 9.64 Å². The fraction of sp³-hybridized carbons (Fsp3) is 0.474. The maximum absolute atomic E-state index is 12.2. The molecule has 6 nitrogen and oxygen atoms in total. The fourth-order valence-electron chi connectivity index (χ4n) is 2.60. The molecule has 1 aliphatic rings. The van der Waals surface area contributed by atoms with E-state index in [0.717, 1.165) is 11.3 Å². The Morgan fingerprint density at radius 1 is 1.08 bits per heavy atom. The van der Waals surface area contributed by atoms with Crippen LogP contribution in [0.25, 0.3) is 6.08 Å². The lowest BCUT2D eigenvalue weighted by molar-refractivity contribution is -0.134. The van der Waals surface area contributed by atoms with Crippen molar-refractivity contribution in [2.45, 2.75) is 26.4 Å². The van der Waals surface area contributed by atoms with E-state index in [4.69, 9.17) is 4.74 Å². The van der Waals surface area contributed by atoms with Gasteiger partial charge in [0, 0.05) is 37.9 Å². The van der Waals surface area contributed by atoms with E-state index in [0.29, 0.717) is 26.2 Å². The highest BCUT2D eigenvalue weighted by Gasteiger charge is 2.26. The Morgan fingerprint density at radius 2 is 1.72 bits per heavy atom. The minimum absolute atomic E-state index is 0.272. The van der Waals surface area contributed by atoms with Gasteiger partial charge in [-0.2, -0.15) is 0 Å². The van der Waals surface area contributed by atoms with Crippen LogP contribution in [0.15, 0.2) is 30.3 Å². The molecule has 0 unspecified atom stereocenters. The number of rotatable bonds is 3. The number of hydrogen-bond acceptors (Lipinski definition) is 5. The Bertz CT molecular complexity index is 641. The Kier molecular flexibility index (Phi) is 6.07. The highest BCUT2D eigenvalue weighted by Crippen LogP contribution is 2.23. The van der Waals surface area contributed by atoms with Crippen molar-refractivity contribution < 1.29 is 19.1 Å². The number of carbonyl (C=O) groups excluding carboxylic acids is 2. The molecule has 1 aliphatic heterocycles. The first-order chi connectivity index (χ1) is 11.8. The smallest absolute Gasteiger partial charge is 0.410 e. The lowest BCUT2D eigenvalue weighted by atomic mass is 10.1. The van der Waals surface area contributed by atoms with E-state index >= 15 is 0 Å². The van der Waals surface area contributed by atoms with Crippen molar-refractivity contribution in [3.63, 3.8) is 0 Å². The van der Waals surface area contributed by atoms with Crippen LogP contribution < -0.4 is 4.90 Å². The van der Waals surface area contributed by atoms with Crippen molar-refractivity contribution >= 4 is 23.8 Å². The van der Waals surface area contributed by atoms with Gasteiger partial charge in [-0.3, -0.25) is 0 Å². The second-order valence-electron chi connectivity index (χ2n) is 6.87. The van der Waals surface area contributed by atoms with Crippen molar-refractivity contribution in [1.29, 1.82) is 0 Å². The molecule has 1 amide bonds. The van der Waals surface area contributed by atoms with Crippen LogP contribution in [0.3, 0.4) is 0 Å². The van der Waals surface area contributed by atoms with Gasteiger partial charge in [-0.15, -0.1) is 0 Å². The van der Waals surface area contributed by atoms with Gasteiger partial charge in [-0.05, 0) is 38.5 Å². The molecule has 25 heavy (non-hydrogen) atoms. The highest BCUT2D eigenvalue weighted by molar-refractivity contribution is 5.88. The summed E-state index contributed by atoms with van der Waals surface area (Å²) in [7, 11) is 1.36. The van der Waals surface area contributed by atoms with E-state index in [-0.39, 0.29) is 12.1 Å². The monoisotopic (exact) mass is 346 g/mol. The van der Waals surface area contributed by atoms with Crippen LogP contribution in [0.5, 0.6) is 0 Å². The summed E-state index contributed by atoms with van der Waals surface area (Å²) < 4.78 is 10.1. The van der Waals surface area contributed by atoms with Crippen LogP contribution in [0.1, 0.15) is 26.3 Å². The van der Waals surface area contributed by atoms with Crippen molar-refractivity contribution in [3.8, 4) is 0 Å². The Hall–Kier alpha value is -2.50. The molecule has 1 heterocycles. The second-order valence-corrected chi connectivity index (χ2v) is 6.87. The molecular weight excluding hydrogens is 320 g/mol. The van der Waals surface area contributed by atoms with E-state index in [1.54, 1.807) is 11.0 Å². The zero-order chi connectivity index (χ0) is 18.4. The van der Waals surface area contributed by atoms with Gasteiger partial charge in [0.2, 0.25) is 0 Å². The van der Waals surface area contributed by atoms with Gasteiger partial charge in [0.1, 0.15) is 5.60 Å². The maximum Gasteiger partial charge on any atom is 0.410 e. The van der Waals surface area contributed by atoms with E-state index in [1.807, 2.05) is 45.0 Å². The maximum atomic E-state index is 12.2. The first kappa shape index (κ1) is 18.8. The molecule has 136 valence electrons. The summed E-state index contributed by atoms with van der Waals surface area (Å²) in [6.45, 7) is 8.22. The number of para-hydroxylation sites is 1. The number of piperazine rings is 1. The number of esters is 1. The summed E-state index contributed by atoms with van der Waals surface area (Å²) in [4.78, 5) is 27.4. The summed E-state index contributed by atoms with van der Waals surface area (Å²) in [5, 5.41) is 0. The van der Waals surface area contributed by atoms with E-state index in [1.165, 1.54) is 13.2 Å². The molecule has 0 spiro atoms. The summed E-state index contributed by atoms with van der Waals surface area (Å²) in [6, 6.07) is 7.86. The number of nitrogens with zero attached hydrogens (tertiary/aromatic N) is 2. The van der Waals surface area contributed by atoms with Gasteiger partial charge >= 0.3 is 12.1 Å². The average molecular weight is 346 g/mol. The van der Waals surface area contributed by atoms with Crippen molar-refractivity contribution in [2.75, 3.05) is 38.2 Å². The summed E-state index contributed by atoms with van der Waals surface area (Å²) in [5.41, 5.74) is 1.49. The molecule has 1 aromatic rings. The van der Waals surface area contributed by atoms with Crippen LogP contribution in [0, 0.1) is 0 Å². The van der Waals surface area contributed by atoms with E-state index < -0.39 is 5.60 Å². The van der Waals surface area contributed by atoms with Crippen LogP contribution in [-0.2, 0) is 14.3 Å². The zero-order valence-electron chi connectivity index (χ0n) is 15.3. The van der Waals surface area contributed by atoms with Crippen molar-refractivity contribution in [3.05, 3.63) is 35.9 Å². The normalized spacial score (nSPS) is 15.4. The molecule has 0 N–H and O–H groups in total. The average Bonchev–Trinajstić information content (AvgIpc) is 2.58. The van der Waals surface area contributed by atoms with Gasteiger partial charge < -0.3 is 19.3 Å². The lowest BCUT2D eigenvalue weighted by Crippen LogP contribution is -2.50. The molecule has 1 fully saturated rings. The molecule has 0 aliphatic carbocycles. The molecule has 0 atom stereocenters. The largest absolute Gasteiger partial charge is 0.466 e. The molecule has 0 radical (unpaired) electrons. The SMILES string of the molecule is COC(=O)C=Cc1ccccc1N1CCN(C(=O)OC(C)(C)C)CC1. The highest BCUT2D eigenvalue weighted by atomic mass is 16.6. The molecule has 0 bridgehead atoms. The quantitative estimate of drug-likeness (QED) is 0.622. The minimum atomic E-state index is -0.487. The molecule has 1 saturated heterocycles. The summed E-state index contributed by atoms with van der Waals surface area (Å²) >= 11 is 0. The summed E-state index contributed by atoms with van der Waals surface area (Å²) in [5.74, 6) is -0.385. The number of benzene rings is 1. The topological polar surface area (TPSA) is 59.1 Å². The third-order valence-electron chi connectivity index (χ3n) is 3.81. The van der Waals surface area contributed by atoms with Crippen LogP contribution in [-0.4, -0.2) is 55.9 Å². The predicted molar refractivity (Wildman–Crippen MR) is 97.5 cm³/mol. The van der Waals surface area contributed by atoms with Crippen molar-refractivity contribution in [1.82, 2.24) is 4.90 Å². The number of methoxy groups -OCH3 is 1. The molecule has 1 aromatic carbocycles. The standard InChI is InChI=1S/C19H26N2O4/c1-19(2,3)25-18(23)21-13-11-20(12-14-21)16-8-6-5-7-15(16)9-10-17(22)24-4/h5-10H,11-14H2,1-4H3. The number of carbonyl (C=O) groups is 2. The molecule has 2 rings (SSSR count). The van der Waals surface area contributed by atoms with Gasteiger partial charge in [-0.1, -0.05) is 18.2 Å². The predicted octanol–water partition coefficient (Wildman–Crippen LogP) is 2.93. The first-order valence-corrected chi connectivity index (χ1v) is 8.38. The molecule has 0 aromatic heterocycles. The molecule has 0 saturated carbocycles. The van der Waals surface area contributed by atoms with Gasteiger partial charge in [0.15, 0.2) is 0 Å². The number of ether oxygens (including phenoxy) is 2. The van der Waals surface area contributed by atoms with Gasteiger partial charge in [0.25, 0.3) is 0 Å². The minimum Gasteiger partial charge on any atom is -0.466 e. The van der Waals surface area contributed by atoms with E-state index in [9.17, 15) is 9.59 Å². The number of hydrogen-bond donors (Lipinski definition) is 0. The number of amides is 1. The molecular formula is C19H26N2O4. The van der Waals surface area contributed by atoms with Crippen LogP contribution in [0.4, 0.5) is 10.5 Å². The van der Waals surface area contributed by atoms with Gasteiger partial charge in [-0.25, -0.2) is 9.59 Å². The molecule has 6 heteroatoms. The lowest BCUT2D eigenvalue weighted by Gasteiger charge is -2.37. The van der Waals surface area contributed by atoms with Crippen molar-refractivity contribution in [2.24, 2.45) is 0 Å². The third-order valence-corrected chi connectivity index (χ3v) is 3.81. The second kappa shape index (κ2) is 8.05. The van der Waals surface area contributed by atoms with Gasteiger partial charge in [0.05, 0.1) is 7.11 Å². The Balaban J connectivity index is 2.02. The Morgan fingerprint density at radius 3 is 2.32 bits per heavy atom. The fourth-order valence-corrected chi connectivity index (χ4v) is 2.60. The van der Waals surface area contributed by atoms with Crippen LogP contribution in [0.2, 0.25) is 0 Å². The summed E-state index contributed by atoms with van der Waals surface area (Å²) in [6.07, 6.45) is 2.89. The Labute approximate surface area is 149 Å². The van der Waals surface area contributed by atoms with Crippen LogP contribution >= 0.6 is 0 Å². The number of anilines is 1.